The molecule has 132 valence electrons. The highest BCUT2D eigenvalue weighted by atomic mass is 79.9. The molecule has 0 radical (unpaired) electrons. The molecule has 0 saturated heterocycles. The minimum Gasteiger partial charge on any atom is -0.454 e. The predicted molar refractivity (Wildman–Crippen MR) is 102 cm³/mol. The molecule has 4 rings (SSSR count). The Morgan fingerprint density at radius 1 is 1.15 bits per heavy atom. The number of nitrogens with one attached hydrogen (secondary N) is 1. The Morgan fingerprint density at radius 2 is 1.92 bits per heavy atom. The lowest BCUT2D eigenvalue weighted by atomic mass is 10.2. The molecule has 3 aromatic rings. The van der Waals surface area contributed by atoms with E-state index in [-0.39, 0.29) is 12.6 Å². The lowest BCUT2D eigenvalue weighted by Gasteiger charge is -2.04. The van der Waals surface area contributed by atoms with Crippen molar-refractivity contribution in [1.29, 1.82) is 0 Å². The van der Waals surface area contributed by atoms with Crippen LogP contribution in [0.1, 0.15) is 17.0 Å². The molecule has 1 N–H and O–H groups in total. The molecule has 0 fully saturated rings. The van der Waals surface area contributed by atoms with Crippen molar-refractivity contribution in [3.05, 3.63) is 63.6 Å². The molecule has 26 heavy (non-hydrogen) atoms. The van der Waals surface area contributed by atoms with E-state index in [0.29, 0.717) is 16.7 Å². The highest BCUT2D eigenvalue weighted by molar-refractivity contribution is 9.10. The molecule has 2 heterocycles. The number of benzene rings is 2. The first kappa shape index (κ1) is 17.1. The van der Waals surface area contributed by atoms with Crippen LogP contribution in [0.3, 0.4) is 0 Å². The molecule has 0 unspecified atom stereocenters. The molecule has 0 atom stereocenters. The lowest BCUT2D eigenvalue weighted by molar-refractivity contribution is 0.174. The van der Waals surface area contributed by atoms with Gasteiger partial charge >= 0.3 is 0 Å². The van der Waals surface area contributed by atoms with Gasteiger partial charge in [-0.25, -0.2) is 9.37 Å². The summed E-state index contributed by atoms with van der Waals surface area (Å²) in [5.41, 5.74) is 1.97. The summed E-state index contributed by atoms with van der Waals surface area (Å²) >= 11 is 5.06. The third kappa shape index (κ3) is 3.91. The van der Waals surface area contributed by atoms with E-state index in [2.05, 4.69) is 31.1 Å². The van der Waals surface area contributed by atoms with E-state index in [0.717, 1.165) is 27.1 Å². The SMILES string of the molecule is Fc1ccc(/C=C/c2nc(SCc3cc4c(cc3Br)OCO4)n[nH]2)cc1. The molecule has 0 amide bonds. The first-order valence-corrected chi connectivity index (χ1v) is 9.52. The summed E-state index contributed by atoms with van der Waals surface area (Å²) in [5.74, 6) is 2.58. The minimum absolute atomic E-state index is 0.253. The van der Waals surface area contributed by atoms with Gasteiger partial charge in [0.15, 0.2) is 11.5 Å². The van der Waals surface area contributed by atoms with E-state index >= 15 is 0 Å². The van der Waals surface area contributed by atoms with E-state index in [1.54, 1.807) is 18.2 Å². The van der Waals surface area contributed by atoms with Crippen LogP contribution < -0.4 is 9.47 Å². The number of hydrogen-bond donors (Lipinski definition) is 1. The number of aromatic amines is 1. The maximum absolute atomic E-state index is 12.9. The van der Waals surface area contributed by atoms with Crippen molar-refractivity contribution >= 4 is 39.8 Å². The van der Waals surface area contributed by atoms with Gasteiger partial charge in [-0.2, -0.15) is 0 Å². The fraction of sp³-hybridized carbons (Fsp3) is 0.111. The zero-order valence-electron chi connectivity index (χ0n) is 13.4. The molecule has 8 heteroatoms. The first-order chi connectivity index (χ1) is 12.7. The Labute approximate surface area is 161 Å². The summed E-state index contributed by atoms with van der Waals surface area (Å²) in [6.07, 6.45) is 3.66. The normalized spacial score (nSPS) is 12.8. The lowest BCUT2D eigenvalue weighted by Crippen LogP contribution is -1.92. The molecule has 0 bridgehead atoms. The second-order valence-corrected chi connectivity index (χ2v) is 7.27. The largest absolute Gasteiger partial charge is 0.454 e. The Balaban J connectivity index is 1.40. The van der Waals surface area contributed by atoms with Crippen molar-refractivity contribution in [2.75, 3.05) is 6.79 Å². The first-order valence-electron chi connectivity index (χ1n) is 7.74. The van der Waals surface area contributed by atoms with Crippen molar-refractivity contribution in [2.45, 2.75) is 10.9 Å². The number of hydrogen-bond acceptors (Lipinski definition) is 5. The fourth-order valence-electron chi connectivity index (χ4n) is 2.36. The third-order valence-electron chi connectivity index (χ3n) is 3.68. The quantitative estimate of drug-likeness (QED) is 0.579. The van der Waals surface area contributed by atoms with E-state index < -0.39 is 0 Å². The molecule has 2 aromatic carbocycles. The molecule has 5 nitrogen and oxygen atoms in total. The van der Waals surface area contributed by atoms with E-state index in [4.69, 9.17) is 9.47 Å². The Bertz CT molecular complexity index is 960. The summed E-state index contributed by atoms with van der Waals surface area (Å²) < 4.78 is 24.6. The van der Waals surface area contributed by atoms with E-state index in [1.165, 1.54) is 23.9 Å². The van der Waals surface area contributed by atoms with Crippen LogP contribution in [0.15, 0.2) is 46.0 Å². The Hall–Kier alpha value is -2.32. The molecule has 0 saturated carbocycles. The molecule has 1 aliphatic rings. The van der Waals surface area contributed by atoms with Gasteiger partial charge in [0.2, 0.25) is 11.9 Å². The molecule has 0 aliphatic carbocycles. The van der Waals surface area contributed by atoms with Gasteiger partial charge in [-0.3, -0.25) is 5.10 Å². The van der Waals surface area contributed by atoms with E-state index in [9.17, 15) is 4.39 Å². The minimum atomic E-state index is -0.254. The van der Waals surface area contributed by atoms with Gasteiger partial charge in [0.1, 0.15) is 11.6 Å². The highest BCUT2D eigenvalue weighted by Crippen LogP contribution is 2.38. The van der Waals surface area contributed by atoms with Gasteiger partial charge < -0.3 is 9.47 Å². The number of fused-ring (bicyclic) bond motifs is 1. The molecular weight excluding hydrogens is 421 g/mol. The Kier molecular flexibility index (Phi) is 4.94. The number of aromatic nitrogens is 3. The second kappa shape index (κ2) is 7.51. The van der Waals surface area contributed by atoms with Crippen LogP contribution in [-0.2, 0) is 5.75 Å². The van der Waals surface area contributed by atoms with E-state index in [1.807, 2.05) is 18.2 Å². The monoisotopic (exact) mass is 433 g/mol. The number of nitrogens with zero attached hydrogens (tertiary/aromatic N) is 2. The summed E-state index contributed by atoms with van der Waals surface area (Å²) in [4.78, 5) is 4.42. The molecule has 1 aromatic heterocycles. The third-order valence-corrected chi connectivity index (χ3v) is 5.32. The van der Waals surface area contributed by atoms with Crippen molar-refractivity contribution in [2.24, 2.45) is 0 Å². The van der Waals surface area contributed by atoms with Gasteiger partial charge in [0, 0.05) is 10.2 Å². The average molecular weight is 434 g/mol. The van der Waals surface area contributed by atoms with Crippen LogP contribution in [0.4, 0.5) is 4.39 Å². The van der Waals surface area contributed by atoms with Crippen molar-refractivity contribution in [1.82, 2.24) is 15.2 Å². The standard InChI is InChI=1S/C18H13BrFN3O2S/c19-14-8-16-15(24-10-25-16)7-12(14)9-26-18-21-17(22-23-18)6-3-11-1-4-13(20)5-2-11/h1-8H,9-10H2,(H,21,22,23)/b6-3+. The predicted octanol–water partition coefficient (Wildman–Crippen LogP) is 4.90. The smallest absolute Gasteiger partial charge is 0.231 e. The summed E-state index contributed by atoms with van der Waals surface area (Å²) in [5, 5.41) is 7.73. The number of rotatable bonds is 5. The number of halogens is 2. The zero-order chi connectivity index (χ0) is 17.9. The van der Waals surface area contributed by atoms with Gasteiger partial charge in [-0.15, -0.1) is 5.10 Å². The maximum Gasteiger partial charge on any atom is 0.231 e. The molecule has 1 aliphatic heterocycles. The van der Waals surface area contributed by atoms with Crippen LogP contribution in [0.2, 0.25) is 0 Å². The summed E-state index contributed by atoms with van der Waals surface area (Å²) in [6.45, 7) is 0.253. The summed E-state index contributed by atoms with van der Waals surface area (Å²) in [7, 11) is 0. The zero-order valence-corrected chi connectivity index (χ0v) is 15.8. The van der Waals surface area contributed by atoms with Gasteiger partial charge in [-0.1, -0.05) is 45.9 Å². The van der Waals surface area contributed by atoms with Crippen molar-refractivity contribution < 1.29 is 13.9 Å². The summed E-state index contributed by atoms with van der Waals surface area (Å²) in [6, 6.07) is 10.1. The number of H-pyrrole nitrogens is 1. The topological polar surface area (TPSA) is 60.0 Å². The van der Waals surface area contributed by atoms with Gasteiger partial charge in [0.05, 0.1) is 0 Å². The van der Waals surface area contributed by atoms with Crippen LogP contribution in [0.25, 0.3) is 12.2 Å². The van der Waals surface area contributed by atoms with Crippen molar-refractivity contribution in [3.63, 3.8) is 0 Å². The van der Waals surface area contributed by atoms with Crippen LogP contribution in [-0.4, -0.2) is 22.0 Å². The van der Waals surface area contributed by atoms with Crippen LogP contribution >= 0.6 is 27.7 Å². The van der Waals surface area contributed by atoms with Gasteiger partial charge in [0.25, 0.3) is 0 Å². The highest BCUT2D eigenvalue weighted by Gasteiger charge is 2.16. The molecule has 0 spiro atoms. The van der Waals surface area contributed by atoms with Crippen LogP contribution in [0.5, 0.6) is 11.5 Å². The van der Waals surface area contributed by atoms with Gasteiger partial charge in [-0.05, 0) is 41.5 Å². The average Bonchev–Trinajstić information content (AvgIpc) is 3.28. The van der Waals surface area contributed by atoms with Crippen molar-refractivity contribution in [3.8, 4) is 11.5 Å². The molecular formula is C18H13BrFN3O2S. The number of ether oxygens (including phenoxy) is 2. The Morgan fingerprint density at radius 3 is 2.73 bits per heavy atom. The second-order valence-electron chi connectivity index (χ2n) is 5.47. The fourth-order valence-corrected chi connectivity index (χ4v) is 3.80. The number of thioether (sulfide) groups is 1. The van der Waals surface area contributed by atoms with Crippen LogP contribution in [0, 0.1) is 5.82 Å². The maximum atomic E-state index is 12.9.